The Hall–Kier alpha value is -1.52. The van der Waals surface area contributed by atoms with Gasteiger partial charge in [-0.15, -0.1) is 0 Å². The lowest BCUT2D eigenvalue weighted by Gasteiger charge is -2.28. The summed E-state index contributed by atoms with van der Waals surface area (Å²) in [7, 11) is 1.32. The Balaban J connectivity index is 2.94. The average Bonchev–Trinajstić information content (AvgIpc) is 2.52. The Kier molecular flexibility index (Phi) is 4.04. The van der Waals surface area contributed by atoms with Crippen LogP contribution in [0.3, 0.4) is 0 Å². The molecule has 0 aromatic rings. The molecule has 1 amide bonds. The summed E-state index contributed by atoms with van der Waals surface area (Å²) in [5.41, 5.74) is 1.17. The second-order valence-electron chi connectivity index (χ2n) is 5.46. The zero-order chi connectivity index (χ0) is 14.1. The Bertz CT molecular complexity index is 392. The van der Waals surface area contributed by atoms with Crippen LogP contribution in [0.4, 0.5) is 4.79 Å². The second-order valence-corrected chi connectivity index (χ2v) is 5.46. The molecule has 18 heavy (non-hydrogen) atoms. The number of hydrogen-bond donors (Lipinski definition) is 0. The van der Waals surface area contributed by atoms with Gasteiger partial charge in [-0.3, -0.25) is 4.90 Å². The van der Waals surface area contributed by atoms with E-state index in [0.29, 0.717) is 6.42 Å². The van der Waals surface area contributed by atoms with Gasteiger partial charge in [0.15, 0.2) is 0 Å². The van der Waals surface area contributed by atoms with Gasteiger partial charge in [-0.2, -0.15) is 0 Å². The highest BCUT2D eigenvalue weighted by atomic mass is 16.6. The lowest BCUT2D eigenvalue weighted by Crippen LogP contribution is -2.43. The van der Waals surface area contributed by atoms with Crippen LogP contribution in [0.15, 0.2) is 11.3 Å². The molecule has 0 N–H and O–H groups in total. The van der Waals surface area contributed by atoms with Crippen LogP contribution in [-0.2, 0) is 14.3 Å². The van der Waals surface area contributed by atoms with Crippen LogP contribution in [0.1, 0.15) is 41.0 Å². The standard InChI is InChI=1S/C13H21NO4/c1-8-7-10(11(15)17-6)14(9(8)2)12(16)18-13(3,4)5/h10H,7H2,1-6H3/t10-/m0/s1. The van der Waals surface area contributed by atoms with Gasteiger partial charge in [-0.25, -0.2) is 9.59 Å². The molecule has 0 bridgehead atoms. The van der Waals surface area contributed by atoms with E-state index in [-0.39, 0.29) is 0 Å². The van der Waals surface area contributed by atoms with E-state index in [4.69, 9.17) is 9.47 Å². The smallest absolute Gasteiger partial charge is 0.415 e. The van der Waals surface area contributed by atoms with Crippen molar-refractivity contribution in [1.29, 1.82) is 0 Å². The molecule has 0 saturated heterocycles. The van der Waals surface area contributed by atoms with E-state index in [2.05, 4.69) is 0 Å². The molecule has 0 aromatic carbocycles. The first kappa shape index (κ1) is 14.5. The second kappa shape index (κ2) is 5.00. The van der Waals surface area contributed by atoms with Crippen molar-refractivity contribution < 1.29 is 19.1 Å². The summed E-state index contributed by atoms with van der Waals surface area (Å²) in [6.45, 7) is 9.08. The van der Waals surface area contributed by atoms with Gasteiger partial charge in [-0.1, -0.05) is 5.57 Å². The van der Waals surface area contributed by atoms with Gasteiger partial charge in [0.05, 0.1) is 7.11 Å². The van der Waals surface area contributed by atoms with Gasteiger partial charge in [0.25, 0.3) is 0 Å². The summed E-state index contributed by atoms with van der Waals surface area (Å²) < 4.78 is 10.0. The van der Waals surface area contributed by atoms with Crippen LogP contribution < -0.4 is 0 Å². The minimum atomic E-state index is -0.607. The van der Waals surface area contributed by atoms with Crippen LogP contribution in [0.25, 0.3) is 0 Å². The number of allylic oxidation sites excluding steroid dienone is 1. The fourth-order valence-corrected chi connectivity index (χ4v) is 1.87. The number of hydrogen-bond acceptors (Lipinski definition) is 4. The number of ether oxygens (including phenoxy) is 2. The van der Waals surface area contributed by atoms with Gasteiger partial charge >= 0.3 is 12.1 Å². The Morgan fingerprint density at radius 2 is 1.83 bits per heavy atom. The van der Waals surface area contributed by atoms with E-state index in [1.807, 2.05) is 13.8 Å². The molecule has 102 valence electrons. The number of nitrogens with zero attached hydrogens (tertiary/aromatic N) is 1. The van der Waals surface area contributed by atoms with E-state index in [1.165, 1.54) is 12.0 Å². The zero-order valence-electron chi connectivity index (χ0n) is 11.9. The maximum atomic E-state index is 12.1. The molecule has 0 spiro atoms. The molecule has 1 aliphatic rings. The van der Waals surface area contributed by atoms with Crippen molar-refractivity contribution in [3.8, 4) is 0 Å². The van der Waals surface area contributed by atoms with Crippen LogP contribution in [0.2, 0.25) is 0 Å². The zero-order valence-corrected chi connectivity index (χ0v) is 11.9. The topological polar surface area (TPSA) is 55.8 Å². The molecule has 1 rings (SSSR count). The van der Waals surface area contributed by atoms with E-state index >= 15 is 0 Å². The van der Waals surface area contributed by atoms with Gasteiger partial charge in [0.1, 0.15) is 11.6 Å². The van der Waals surface area contributed by atoms with Crippen LogP contribution in [0.5, 0.6) is 0 Å². The monoisotopic (exact) mass is 255 g/mol. The first-order chi connectivity index (χ1) is 8.17. The maximum Gasteiger partial charge on any atom is 0.415 e. The quantitative estimate of drug-likeness (QED) is 0.675. The van der Waals surface area contributed by atoms with Gasteiger partial charge in [-0.05, 0) is 34.6 Å². The van der Waals surface area contributed by atoms with Crippen molar-refractivity contribution in [2.24, 2.45) is 0 Å². The molecule has 0 saturated carbocycles. The normalized spacial score (nSPS) is 20.1. The van der Waals surface area contributed by atoms with Gasteiger partial charge in [0.2, 0.25) is 0 Å². The summed E-state index contributed by atoms with van der Waals surface area (Å²) in [5.74, 6) is -0.419. The summed E-state index contributed by atoms with van der Waals surface area (Å²) in [4.78, 5) is 25.2. The fourth-order valence-electron chi connectivity index (χ4n) is 1.87. The third-order valence-corrected chi connectivity index (χ3v) is 2.85. The minimum absolute atomic E-state index is 0.419. The summed E-state index contributed by atoms with van der Waals surface area (Å²) in [5, 5.41) is 0. The van der Waals surface area contributed by atoms with Gasteiger partial charge < -0.3 is 9.47 Å². The first-order valence-electron chi connectivity index (χ1n) is 5.93. The molecular formula is C13H21NO4. The lowest BCUT2D eigenvalue weighted by molar-refractivity contribution is -0.145. The molecule has 0 unspecified atom stereocenters. The summed E-state index contributed by atoms with van der Waals surface area (Å²) in [6.07, 6.45) is -0.00941. The van der Waals surface area contributed by atoms with Crippen molar-refractivity contribution in [2.75, 3.05) is 7.11 Å². The van der Waals surface area contributed by atoms with Crippen molar-refractivity contribution in [3.05, 3.63) is 11.3 Å². The highest BCUT2D eigenvalue weighted by Crippen LogP contribution is 2.30. The van der Waals surface area contributed by atoms with Crippen molar-refractivity contribution in [2.45, 2.75) is 52.7 Å². The molecule has 1 atom stereocenters. The molecule has 1 heterocycles. The predicted molar refractivity (Wildman–Crippen MR) is 66.9 cm³/mol. The molecule has 5 heteroatoms. The molecule has 0 aliphatic carbocycles. The molecule has 5 nitrogen and oxygen atoms in total. The van der Waals surface area contributed by atoms with Crippen molar-refractivity contribution in [3.63, 3.8) is 0 Å². The Labute approximate surface area is 108 Å². The van der Waals surface area contributed by atoms with E-state index < -0.39 is 23.7 Å². The maximum absolute atomic E-state index is 12.1. The van der Waals surface area contributed by atoms with Crippen LogP contribution in [-0.4, -0.2) is 35.7 Å². The number of amides is 1. The molecule has 0 radical (unpaired) electrons. The summed E-state index contributed by atoms with van der Waals surface area (Å²) >= 11 is 0. The first-order valence-corrected chi connectivity index (χ1v) is 5.93. The fraction of sp³-hybridized carbons (Fsp3) is 0.692. The SMILES string of the molecule is COC(=O)[C@@H]1CC(C)=C(C)N1C(=O)OC(C)(C)C. The van der Waals surface area contributed by atoms with Crippen molar-refractivity contribution >= 4 is 12.1 Å². The largest absolute Gasteiger partial charge is 0.467 e. The Morgan fingerprint density at radius 3 is 2.28 bits per heavy atom. The minimum Gasteiger partial charge on any atom is -0.467 e. The number of carbonyl (C=O) groups is 2. The Morgan fingerprint density at radius 1 is 1.28 bits per heavy atom. The summed E-state index contributed by atoms with van der Waals surface area (Å²) in [6, 6.07) is -0.607. The predicted octanol–water partition coefficient (Wildman–Crippen LogP) is 2.46. The molecule has 0 aromatic heterocycles. The highest BCUT2D eigenvalue weighted by molar-refractivity contribution is 5.84. The van der Waals surface area contributed by atoms with Gasteiger partial charge in [0, 0.05) is 12.1 Å². The third kappa shape index (κ3) is 3.03. The van der Waals surface area contributed by atoms with E-state index in [0.717, 1.165) is 11.3 Å². The number of rotatable bonds is 1. The molecule has 0 fully saturated rings. The lowest BCUT2D eigenvalue weighted by atomic mass is 10.1. The van der Waals surface area contributed by atoms with Crippen molar-refractivity contribution in [1.82, 2.24) is 4.90 Å². The number of methoxy groups -OCH3 is 1. The van der Waals surface area contributed by atoms with Crippen LogP contribution >= 0.6 is 0 Å². The third-order valence-electron chi connectivity index (χ3n) is 2.85. The van der Waals surface area contributed by atoms with E-state index in [9.17, 15) is 9.59 Å². The van der Waals surface area contributed by atoms with E-state index in [1.54, 1.807) is 20.8 Å². The van der Waals surface area contributed by atoms with Crippen LogP contribution in [0, 0.1) is 0 Å². The number of carbonyl (C=O) groups excluding carboxylic acids is 2. The molecule has 1 aliphatic heterocycles. The number of esters is 1. The average molecular weight is 255 g/mol. The highest BCUT2D eigenvalue weighted by Gasteiger charge is 2.39. The molecular weight excluding hydrogens is 234 g/mol.